The summed E-state index contributed by atoms with van der Waals surface area (Å²) in [5.41, 5.74) is 2.27. The van der Waals surface area contributed by atoms with Crippen molar-refractivity contribution < 1.29 is 4.79 Å². The molecule has 0 radical (unpaired) electrons. The van der Waals surface area contributed by atoms with E-state index in [1.165, 1.54) is 5.69 Å². The van der Waals surface area contributed by atoms with Gasteiger partial charge >= 0.3 is 0 Å². The minimum Gasteiger partial charge on any atom is -0.370 e. The quantitative estimate of drug-likeness (QED) is 0.869. The second-order valence-corrected chi connectivity index (χ2v) is 5.65. The number of anilines is 1. The molecule has 0 bridgehead atoms. The standard InChI is InChI=1S/C16H26N4O/c1-4-15(17-3)16-6-5-14(11-18-16)20-9-7-13(8-10-20)19-12(2)21/h5-6,11,13,15,17H,4,7-10H2,1-3H3,(H,19,21). The fourth-order valence-electron chi connectivity index (χ4n) is 2.92. The van der Waals surface area contributed by atoms with Crippen LogP contribution in [0.3, 0.4) is 0 Å². The molecule has 1 aromatic rings. The van der Waals surface area contributed by atoms with Crippen LogP contribution in [0.15, 0.2) is 18.3 Å². The Morgan fingerprint density at radius 2 is 2.14 bits per heavy atom. The number of hydrogen-bond donors (Lipinski definition) is 2. The Labute approximate surface area is 127 Å². The third kappa shape index (κ3) is 4.17. The topological polar surface area (TPSA) is 57.3 Å². The number of hydrogen-bond acceptors (Lipinski definition) is 4. The minimum absolute atomic E-state index is 0.0668. The monoisotopic (exact) mass is 290 g/mol. The lowest BCUT2D eigenvalue weighted by atomic mass is 10.0. The lowest BCUT2D eigenvalue weighted by Gasteiger charge is -2.33. The van der Waals surface area contributed by atoms with Crippen molar-refractivity contribution >= 4 is 11.6 Å². The first-order valence-corrected chi connectivity index (χ1v) is 7.79. The molecule has 2 N–H and O–H groups in total. The Morgan fingerprint density at radius 3 is 2.62 bits per heavy atom. The van der Waals surface area contributed by atoms with Crippen LogP contribution >= 0.6 is 0 Å². The molecule has 1 unspecified atom stereocenters. The zero-order valence-electron chi connectivity index (χ0n) is 13.2. The van der Waals surface area contributed by atoms with Crippen molar-refractivity contribution in [2.75, 3.05) is 25.0 Å². The Bertz CT molecular complexity index is 448. The zero-order chi connectivity index (χ0) is 15.2. The number of piperidine rings is 1. The van der Waals surface area contributed by atoms with Crippen molar-refractivity contribution in [1.29, 1.82) is 0 Å². The molecule has 1 aliphatic rings. The summed E-state index contributed by atoms with van der Waals surface area (Å²) < 4.78 is 0. The van der Waals surface area contributed by atoms with Gasteiger partial charge < -0.3 is 15.5 Å². The molecule has 5 nitrogen and oxygen atoms in total. The van der Waals surface area contributed by atoms with Gasteiger partial charge in [-0.15, -0.1) is 0 Å². The van der Waals surface area contributed by atoms with Gasteiger partial charge in [-0.25, -0.2) is 0 Å². The highest BCUT2D eigenvalue weighted by Crippen LogP contribution is 2.21. The SMILES string of the molecule is CCC(NC)c1ccc(N2CCC(NC(C)=O)CC2)cn1. The van der Waals surface area contributed by atoms with Gasteiger partial charge in [0.25, 0.3) is 0 Å². The lowest BCUT2D eigenvalue weighted by molar-refractivity contribution is -0.119. The van der Waals surface area contributed by atoms with Gasteiger partial charge in [-0.1, -0.05) is 6.92 Å². The van der Waals surface area contributed by atoms with E-state index < -0.39 is 0 Å². The van der Waals surface area contributed by atoms with Crippen molar-refractivity contribution in [1.82, 2.24) is 15.6 Å². The van der Waals surface area contributed by atoms with Crippen molar-refractivity contribution in [2.24, 2.45) is 0 Å². The maximum Gasteiger partial charge on any atom is 0.217 e. The van der Waals surface area contributed by atoms with Crippen LogP contribution < -0.4 is 15.5 Å². The number of aromatic nitrogens is 1. The second kappa shape index (κ2) is 7.41. The number of nitrogens with zero attached hydrogens (tertiary/aromatic N) is 2. The molecule has 2 heterocycles. The van der Waals surface area contributed by atoms with Crippen LogP contribution in [0.4, 0.5) is 5.69 Å². The third-order valence-corrected chi connectivity index (χ3v) is 4.15. The predicted molar refractivity (Wildman–Crippen MR) is 85.4 cm³/mol. The van der Waals surface area contributed by atoms with Gasteiger partial charge in [0.15, 0.2) is 0 Å². The predicted octanol–water partition coefficient (Wildman–Crippen LogP) is 1.86. The van der Waals surface area contributed by atoms with E-state index in [9.17, 15) is 4.79 Å². The van der Waals surface area contributed by atoms with Crippen LogP contribution in [0.5, 0.6) is 0 Å². The number of rotatable bonds is 5. The highest BCUT2D eigenvalue weighted by molar-refractivity contribution is 5.73. The molecule has 0 aromatic carbocycles. The Kier molecular flexibility index (Phi) is 5.56. The number of pyridine rings is 1. The van der Waals surface area contributed by atoms with Crippen LogP contribution in [0, 0.1) is 0 Å². The average Bonchev–Trinajstić information content (AvgIpc) is 2.49. The van der Waals surface area contributed by atoms with Crippen molar-refractivity contribution in [3.05, 3.63) is 24.0 Å². The van der Waals surface area contributed by atoms with E-state index in [-0.39, 0.29) is 5.91 Å². The molecule has 1 saturated heterocycles. The summed E-state index contributed by atoms with van der Waals surface area (Å²) in [6.07, 6.45) is 4.99. The summed E-state index contributed by atoms with van der Waals surface area (Å²) in [5, 5.41) is 6.28. The smallest absolute Gasteiger partial charge is 0.217 e. The van der Waals surface area contributed by atoms with Crippen LogP contribution in [0.25, 0.3) is 0 Å². The van der Waals surface area contributed by atoms with Crippen molar-refractivity contribution in [3.8, 4) is 0 Å². The van der Waals surface area contributed by atoms with Gasteiger partial charge in [0.05, 0.1) is 17.6 Å². The molecule has 21 heavy (non-hydrogen) atoms. The van der Waals surface area contributed by atoms with Crippen molar-refractivity contribution in [3.63, 3.8) is 0 Å². The molecule has 1 aliphatic heterocycles. The summed E-state index contributed by atoms with van der Waals surface area (Å²) in [7, 11) is 1.97. The van der Waals surface area contributed by atoms with Gasteiger partial charge in [0.2, 0.25) is 5.91 Å². The van der Waals surface area contributed by atoms with Crippen LogP contribution in [0.2, 0.25) is 0 Å². The minimum atomic E-state index is 0.0668. The highest BCUT2D eigenvalue weighted by Gasteiger charge is 2.20. The van der Waals surface area contributed by atoms with E-state index in [0.29, 0.717) is 12.1 Å². The number of carbonyl (C=O) groups excluding carboxylic acids is 1. The lowest BCUT2D eigenvalue weighted by Crippen LogP contribution is -2.44. The largest absolute Gasteiger partial charge is 0.370 e. The molecule has 1 aromatic heterocycles. The second-order valence-electron chi connectivity index (χ2n) is 5.65. The van der Waals surface area contributed by atoms with Gasteiger partial charge in [0.1, 0.15) is 0 Å². The summed E-state index contributed by atoms with van der Waals surface area (Å²) in [6, 6.07) is 4.91. The molecule has 0 saturated carbocycles. The van der Waals surface area contributed by atoms with E-state index in [1.807, 2.05) is 13.2 Å². The fourth-order valence-corrected chi connectivity index (χ4v) is 2.92. The van der Waals surface area contributed by atoms with E-state index in [1.54, 1.807) is 6.92 Å². The van der Waals surface area contributed by atoms with E-state index >= 15 is 0 Å². The molecular weight excluding hydrogens is 264 g/mol. The first-order chi connectivity index (χ1) is 10.1. The molecule has 0 spiro atoms. The zero-order valence-corrected chi connectivity index (χ0v) is 13.2. The van der Waals surface area contributed by atoms with Gasteiger partial charge in [-0.3, -0.25) is 9.78 Å². The van der Waals surface area contributed by atoms with Gasteiger partial charge in [0, 0.05) is 32.1 Å². The summed E-state index contributed by atoms with van der Waals surface area (Å²) in [6.45, 7) is 5.68. The Hall–Kier alpha value is -1.62. The first-order valence-electron chi connectivity index (χ1n) is 7.79. The summed E-state index contributed by atoms with van der Waals surface area (Å²) in [5.74, 6) is 0.0668. The molecular formula is C16H26N4O. The maximum atomic E-state index is 11.1. The molecule has 1 atom stereocenters. The van der Waals surface area contributed by atoms with Gasteiger partial charge in [-0.2, -0.15) is 0 Å². The van der Waals surface area contributed by atoms with Gasteiger partial charge in [-0.05, 0) is 38.4 Å². The van der Waals surface area contributed by atoms with Crippen molar-refractivity contribution in [2.45, 2.75) is 45.2 Å². The molecule has 1 fully saturated rings. The first kappa shape index (κ1) is 15.8. The number of nitrogens with one attached hydrogen (secondary N) is 2. The van der Waals surface area contributed by atoms with E-state index in [0.717, 1.165) is 38.0 Å². The Morgan fingerprint density at radius 1 is 1.43 bits per heavy atom. The van der Waals surface area contributed by atoms with Crippen LogP contribution in [0.1, 0.15) is 44.8 Å². The van der Waals surface area contributed by atoms with E-state index in [4.69, 9.17) is 0 Å². The van der Waals surface area contributed by atoms with Crippen LogP contribution in [-0.2, 0) is 4.79 Å². The van der Waals surface area contributed by atoms with Crippen LogP contribution in [-0.4, -0.2) is 37.1 Å². The number of amides is 1. The highest BCUT2D eigenvalue weighted by atomic mass is 16.1. The van der Waals surface area contributed by atoms with E-state index in [2.05, 4.69) is 39.6 Å². The maximum absolute atomic E-state index is 11.1. The molecule has 1 amide bonds. The molecule has 116 valence electrons. The molecule has 5 heteroatoms. The fraction of sp³-hybridized carbons (Fsp3) is 0.625. The molecule has 0 aliphatic carbocycles. The molecule has 2 rings (SSSR count). The average molecular weight is 290 g/mol. The Balaban J connectivity index is 1.93. The third-order valence-electron chi connectivity index (χ3n) is 4.15. The summed E-state index contributed by atoms with van der Waals surface area (Å²) in [4.78, 5) is 18.0. The summed E-state index contributed by atoms with van der Waals surface area (Å²) >= 11 is 0. The number of carbonyl (C=O) groups is 1. The normalized spacial score (nSPS) is 17.6.